The van der Waals surface area contributed by atoms with E-state index >= 15 is 0 Å². The van der Waals surface area contributed by atoms with Gasteiger partial charge in [-0.05, 0) is 22.0 Å². The van der Waals surface area contributed by atoms with Crippen molar-refractivity contribution in [1.29, 1.82) is 0 Å². The average molecular weight is 241 g/mol. The second-order valence-corrected chi connectivity index (χ2v) is 3.71. The molecule has 13 heavy (non-hydrogen) atoms. The predicted molar refractivity (Wildman–Crippen MR) is 54.5 cm³/mol. The van der Waals surface area contributed by atoms with Crippen LogP contribution in [-0.4, -0.2) is 17.1 Å². The number of aromatic amines is 1. The van der Waals surface area contributed by atoms with E-state index in [0.717, 1.165) is 21.1 Å². The van der Waals surface area contributed by atoms with Crippen molar-refractivity contribution < 1.29 is 4.74 Å². The molecule has 0 amide bonds. The van der Waals surface area contributed by atoms with Gasteiger partial charge in [-0.3, -0.25) is 0 Å². The second kappa shape index (κ2) is 3.47. The van der Waals surface area contributed by atoms with Gasteiger partial charge in [0.2, 0.25) is 0 Å². The van der Waals surface area contributed by atoms with E-state index in [0.29, 0.717) is 6.61 Å². The zero-order valence-electron chi connectivity index (χ0n) is 7.17. The van der Waals surface area contributed by atoms with Crippen LogP contribution in [0, 0.1) is 0 Å². The van der Waals surface area contributed by atoms with Crippen LogP contribution in [0.2, 0.25) is 0 Å². The summed E-state index contributed by atoms with van der Waals surface area (Å²) in [6, 6.07) is 2.03. The first-order valence-corrected chi connectivity index (χ1v) is 4.71. The van der Waals surface area contributed by atoms with Crippen LogP contribution in [0.3, 0.4) is 0 Å². The Hall–Kier alpha value is -0.870. The number of halogens is 1. The van der Waals surface area contributed by atoms with Gasteiger partial charge < -0.3 is 9.72 Å². The van der Waals surface area contributed by atoms with Gasteiger partial charge in [-0.15, -0.1) is 0 Å². The molecule has 2 aromatic heterocycles. The molecule has 0 radical (unpaired) electrons. The molecule has 0 aliphatic rings. The highest BCUT2D eigenvalue weighted by molar-refractivity contribution is 9.10. The van der Waals surface area contributed by atoms with E-state index in [1.807, 2.05) is 12.3 Å². The quantitative estimate of drug-likeness (QED) is 0.876. The van der Waals surface area contributed by atoms with E-state index < -0.39 is 0 Å². The van der Waals surface area contributed by atoms with Gasteiger partial charge in [0.1, 0.15) is 5.65 Å². The van der Waals surface area contributed by atoms with E-state index in [1.54, 1.807) is 13.3 Å². The largest absolute Gasteiger partial charge is 0.380 e. The number of nitrogens with zero attached hydrogens (tertiary/aromatic N) is 1. The summed E-state index contributed by atoms with van der Waals surface area (Å²) in [5.41, 5.74) is 2.03. The number of rotatable bonds is 2. The fourth-order valence-corrected chi connectivity index (χ4v) is 1.64. The molecule has 0 aromatic carbocycles. The molecule has 0 aliphatic heterocycles. The van der Waals surface area contributed by atoms with Gasteiger partial charge in [0.05, 0.1) is 6.61 Å². The Bertz CT molecular complexity index is 424. The smallest absolute Gasteiger partial charge is 0.137 e. The first kappa shape index (κ1) is 8.72. The highest BCUT2D eigenvalue weighted by Crippen LogP contribution is 2.20. The van der Waals surface area contributed by atoms with Crippen LogP contribution in [0.25, 0.3) is 11.0 Å². The molecule has 68 valence electrons. The maximum absolute atomic E-state index is 5.07. The van der Waals surface area contributed by atoms with Crippen LogP contribution in [-0.2, 0) is 11.3 Å². The zero-order valence-corrected chi connectivity index (χ0v) is 8.76. The average Bonchev–Trinajstić information content (AvgIpc) is 2.49. The summed E-state index contributed by atoms with van der Waals surface area (Å²) in [4.78, 5) is 7.31. The van der Waals surface area contributed by atoms with Crippen molar-refractivity contribution in [1.82, 2.24) is 9.97 Å². The minimum absolute atomic E-state index is 0.609. The normalized spacial score (nSPS) is 10.9. The van der Waals surface area contributed by atoms with Crippen LogP contribution in [0.15, 0.2) is 22.9 Å². The van der Waals surface area contributed by atoms with Crippen molar-refractivity contribution in [3.05, 3.63) is 28.5 Å². The summed E-state index contributed by atoms with van der Waals surface area (Å²) in [5, 5.41) is 1.11. The molecule has 0 saturated heterocycles. The van der Waals surface area contributed by atoms with E-state index in [9.17, 15) is 0 Å². The third-order valence-electron chi connectivity index (χ3n) is 1.88. The Morgan fingerprint density at radius 2 is 2.46 bits per heavy atom. The maximum Gasteiger partial charge on any atom is 0.137 e. The molecule has 1 N–H and O–H groups in total. The van der Waals surface area contributed by atoms with Crippen LogP contribution in [0.5, 0.6) is 0 Å². The van der Waals surface area contributed by atoms with E-state index in [4.69, 9.17) is 4.74 Å². The van der Waals surface area contributed by atoms with Crippen LogP contribution in [0.1, 0.15) is 5.56 Å². The lowest BCUT2D eigenvalue weighted by molar-refractivity contribution is 0.186. The Balaban J connectivity index is 2.58. The second-order valence-electron chi connectivity index (χ2n) is 2.80. The molecule has 0 unspecified atom stereocenters. The lowest BCUT2D eigenvalue weighted by Gasteiger charge is -1.96. The van der Waals surface area contributed by atoms with Gasteiger partial charge in [0.15, 0.2) is 0 Å². The topological polar surface area (TPSA) is 37.9 Å². The van der Waals surface area contributed by atoms with E-state index in [-0.39, 0.29) is 0 Å². The van der Waals surface area contributed by atoms with Gasteiger partial charge in [0, 0.05) is 34.9 Å². The number of nitrogens with one attached hydrogen (secondary N) is 1. The third-order valence-corrected chi connectivity index (χ3v) is 2.32. The van der Waals surface area contributed by atoms with Crippen molar-refractivity contribution in [3.63, 3.8) is 0 Å². The number of pyridine rings is 1. The van der Waals surface area contributed by atoms with Crippen LogP contribution < -0.4 is 0 Å². The number of methoxy groups -OCH3 is 1. The molecular formula is C9H9BrN2O. The molecule has 4 heteroatoms. The number of ether oxygens (including phenoxy) is 1. The van der Waals surface area contributed by atoms with Crippen molar-refractivity contribution in [2.75, 3.05) is 7.11 Å². The van der Waals surface area contributed by atoms with Crippen LogP contribution in [0.4, 0.5) is 0 Å². The number of aromatic nitrogens is 2. The standard InChI is InChI=1S/C9H9BrN2O/c1-13-5-6-3-11-9-8(6)2-7(10)4-12-9/h2-4H,5H2,1H3,(H,11,12). The van der Waals surface area contributed by atoms with Crippen molar-refractivity contribution in [2.45, 2.75) is 6.61 Å². The van der Waals surface area contributed by atoms with Gasteiger partial charge in [-0.25, -0.2) is 4.98 Å². The summed E-state index contributed by atoms with van der Waals surface area (Å²) in [7, 11) is 1.68. The third kappa shape index (κ3) is 1.59. The Labute approximate surface area is 84.3 Å². The molecular weight excluding hydrogens is 232 g/mol. The van der Waals surface area contributed by atoms with Gasteiger partial charge in [0.25, 0.3) is 0 Å². The molecule has 2 rings (SSSR count). The summed E-state index contributed by atoms with van der Waals surface area (Å²) < 4.78 is 6.05. The molecule has 2 heterocycles. The fraction of sp³-hybridized carbons (Fsp3) is 0.222. The van der Waals surface area contributed by atoms with Crippen molar-refractivity contribution in [3.8, 4) is 0 Å². The molecule has 2 aromatic rings. The number of H-pyrrole nitrogens is 1. The Morgan fingerprint density at radius 3 is 3.23 bits per heavy atom. The highest BCUT2D eigenvalue weighted by Gasteiger charge is 2.03. The fourth-order valence-electron chi connectivity index (χ4n) is 1.31. The van der Waals surface area contributed by atoms with Crippen molar-refractivity contribution in [2.24, 2.45) is 0 Å². The van der Waals surface area contributed by atoms with Crippen LogP contribution >= 0.6 is 15.9 Å². The summed E-state index contributed by atoms with van der Waals surface area (Å²) in [6.07, 6.45) is 3.70. The van der Waals surface area contributed by atoms with Crippen molar-refractivity contribution >= 4 is 27.0 Å². The number of fused-ring (bicyclic) bond motifs is 1. The minimum atomic E-state index is 0.609. The molecule has 0 aliphatic carbocycles. The number of hydrogen-bond donors (Lipinski definition) is 1. The molecule has 0 fully saturated rings. The van der Waals surface area contributed by atoms with E-state index in [2.05, 4.69) is 25.9 Å². The zero-order chi connectivity index (χ0) is 9.26. The first-order chi connectivity index (χ1) is 6.31. The first-order valence-electron chi connectivity index (χ1n) is 3.91. The highest BCUT2D eigenvalue weighted by atomic mass is 79.9. The SMILES string of the molecule is COCc1c[nH]c2ncc(Br)cc12. The van der Waals surface area contributed by atoms with Gasteiger partial charge >= 0.3 is 0 Å². The molecule has 0 spiro atoms. The molecule has 0 atom stereocenters. The lowest BCUT2D eigenvalue weighted by Crippen LogP contribution is -1.84. The van der Waals surface area contributed by atoms with Gasteiger partial charge in [-0.2, -0.15) is 0 Å². The molecule has 0 saturated carbocycles. The minimum Gasteiger partial charge on any atom is -0.380 e. The lowest BCUT2D eigenvalue weighted by atomic mass is 10.2. The molecule has 3 nitrogen and oxygen atoms in total. The van der Waals surface area contributed by atoms with Gasteiger partial charge in [-0.1, -0.05) is 0 Å². The number of hydrogen-bond acceptors (Lipinski definition) is 2. The Kier molecular flexibility index (Phi) is 2.33. The predicted octanol–water partition coefficient (Wildman–Crippen LogP) is 2.47. The summed E-state index contributed by atoms with van der Waals surface area (Å²) in [5.74, 6) is 0. The summed E-state index contributed by atoms with van der Waals surface area (Å²) >= 11 is 3.39. The summed E-state index contributed by atoms with van der Waals surface area (Å²) in [6.45, 7) is 0.609. The monoisotopic (exact) mass is 240 g/mol. The van der Waals surface area contributed by atoms with E-state index in [1.165, 1.54) is 0 Å². The Morgan fingerprint density at radius 1 is 1.62 bits per heavy atom. The molecule has 0 bridgehead atoms. The maximum atomic E-state index is 5.07.